The van der Waals surface area contributed by atoms with E-state index in [-0.39, 0.29) is 17.6 Å². The van der Waals surface area contributed by atoms with Gasteiger partial charge in [0.2, 0.25) is 5.91 Å². The third kappa shape index (κ3) is 4.19. The third-order valence-corrected chi connectivity index (χ3v) is 4.92. The van der Waals surface area contributed by atoms with Crippen molar-refractivity contribution in [2.75, 3.05) is 31.9 Å². The summed E-state index contributed by atoms with van der Waals surface area (Å²) in [5, 5.41) is 0. The minimum Gasteiger partial charge on any atom is -0.472 e. The summed E-state index contributed by atoms with van der Waals surface area (Å²) in [7, 11) is 0. The quantitative estimate of drug-likeness (QED) is 0.781. The van der Waals surface area contributed by atoms with Crippen molar-refractivity contribution in [3.63, 3.8) is 0 Å². The predicted molar refractivity (Wildman–Crippen MR) is 88.3 cm³/mol. The van der Waals surface area contributed by atoms with Crippen molar-refractivity contribution in [2.24, 2.45) is 0 Å². The number of hydrogen-bond acceptors (Lipinski definition) is 4. The maximum absolute atomic E-state index is 13.2. The van der Waals surface area contributed by atoms with Crippen LogP contribution in [0.1, 0.15) is 10.4 Å². The Morgan fingerprint density at radius 1 is 1.04 bits per heavy atom. The van der Waals surface area contributed by atoms with Crippen LogP contribution in [0.3, 0.4) is 0 Å². The standard InChI is InChI=1S/C17H16F2N2O3S/c18-14-2-1-13(9-15(14)19)25-11-16(22)20-4-6-21(7-5-20)17(23)12-3-8-24-10-12/h1-3,8-10H,4-7,11H2. The maximum atomic E-state index is 13.2. The van der Waals surface area contributed by atoms with Crippen molar-refractivity contribution in [3.8, 4) is 0 Å². The largest absolute Gasteiger partial charge is 0.472 e. The first-order valence-corrected chi connectivity index (χ1v) is 8.70. The molecule has 1 aromatic heterocycles. The number of piperazine rings is 1. The SMILES string of the molecule is O=C(CSc1ccc(F)c(F)c1)N1CCN(C(=O)c2ccoc2)CC1. The van der Waals surface area contributed by atoms with Gasteiger partial charge in [0.05, 0.1) is 17.6 Å². The van der Waals surface area contributed by atoms with E-state index < -0.39 is 11.6 Å². The molecule has 1 aromatic carbocycles. The zero-order valence-electron chi connectivity index (χ0n) is 13.3. The van der Waals surface area contributed by atoms with Crippen LogP contribution in [0, 0.1) is 11.6 Å². The highest BCUT2D eigenvalue weighted by atomic mass is 32.2. The number of furan rings is 1. The van der Waals surface area contributed by atoms with Gasteiger partial charge in [0, 0.05) is 31.1 Å². The van der Waals surface area contributed by atoms with Crippen molar-refractivity contribution in [1.29, 1.82) is 0 Å². The molecule has 0 bridgehead atoms. The van der Waals surface area contributed by atoms with Crippen LogP contribution >= 0.6 is 11.8 Å². The number of carbonyl (C=O) groups is 2. The fourth-order valence-corrected chi connectivity index (χ4v) is 3.35. The lowest BCUT2D eigenvalue weighted by Gasteiger charge is -2.34. The van der Waals surface area contributed by atoms with Gasteiger partial charge in [-0.05, 0) is 24.3 Å². The molecule has 1 saturated heterocycles. The highest BCUT2D eigenvalue weighted by molar-refractivity contribution is 8.00. The van der Waals surface area contributed by atoms with Gasteiger partial charge in [0.15, 0.2) is 11.6 Å². The number of rotatable bonds is 4. The van der Waals surface area contributed by atoms with Gasteiger partial charge in [-0.2, -0.15) is 0 Å². The molecule has 1 aliphatic rings. The van der Waals surface area contributed by atoms with Gasteiger partial charge in [0.25, 0.3) is 5.91 Å². The molecule has 2 heterocycles. The van der Waals surface area contributed by atoms with Gasteiger partial charge in [-0.25, -0.2) is 8.78 Å². The van der Waals surface area contributed by atoms with E-state index in [9.17, 15) is 18.4 Å². The molecule has 0 radical (unpaired) electrons. The lowest BCUT2D eigenvalue weighted by molar-refractivity contribution is -0.129. The Morgan fingerprint density at radius 2 is 1.76 bits per heavy atom. The zero-order chi connectivity index (χ0) is 17.8. The van der Waals surface area contributed by atoms with Crippen molar-refractivity contribution in [1.82, 2.24) is 9.80 Å². The van der Waals surface area contributed by atoms with E-state index in [1.54, 1.807) is 15.9 Å². The van der Waals surface area contributed by atoms with Crippen LogP contribution in [0.25, 0.3) is 0 Å². The van der Waals surface area contributed by atoms with Gasteiger partial charge in [-0.1, -0.05) is 0 Å². The molecule has 2 amide bonds. The summed E-state index contributed by atoms with van der Waals surface area (Å²) >= 11 is 1.16. The van der Waals surface area contributed by atoms with E-state index in [1.165, 1.54) is 18.6 Å². The number of nitrogens with zero attached hydrogens (tertiary/aromatic N) is 2. The summed E-state index contributed by atoms with van der Waals surface area (Å²) < 4.78 is 31.0. The summed E-state index contributed by atoms with van der Waals surface area (Å²) in [6, 6.07) is 5.17. The minimum atomic E-state index is -0.927. The van der Waals surface area contributed by atoms with Gasteiger partial charge in [-0.15, -0.1) is 11.8 Å². The molecule has 0 aliphatic carbocycles. The van der Waals surface area contributed by atoms with Gasteiger partial charge >= 0.3 is 0 Å². The van der Waals surface area contributed by atoms with Gasteiger partial charge < -0.3 is 14.2 Å². The predicted octanol–water partition coefficient (Wildman–Crippen LogP) is 2.63. The zero-order valence-corrected chi connectivity index (χ0v) is 14.1. The molecule has 0 atom stereocenters. The first-order valence-electron chi connectivity index (χ1n) is 7.71. The number of benzene rings is 1. The molecule has 0 N–H and O–H groups in total. The van der Waals surface area contributed by atoms with E-state index in [4.69, 9.17) is 4.42 Å². The molecular weight excluding hydrogens is 350 g/mol. The molecule has 8 heteroatoms. The Labute approximate surface area is 147 Å². The molecule has 0 spiro atoms. The highest BCUT2D eigenvalue weighted by Crippen LogP contribution is 2.21. The van der Waals surface area contributed by atoms with Crippen LogP contribution in [0.4, 0.5) is 8.78 Å². The number of halogens is 2. The van der Waals surface area contributed by atoms with Crippen molar-refractivity contribution in [3.05, 3.63) is 54.0 Å². The fraction of sp³-hybridized carbons (Fsp3) is 0.294. The van der Waals surface area contributed by atoms with Crippen LogP contribution in [0.5, 0.6) is 0 Å². The van der Waals surface area contributed by atoms with E-state index in [2.05, 4.69) is 0 Å². The lowest BCUT2D eigenvalue weighted by Crippen LogP contribution is -2.51. The number of carbonyl (C=O) groups excluding carboxylic acids is 2. The monoisotopic (exact) mass is 366 g/mol. The summed E-state index contributed by atoms with van der Waals surface area (Å²) in [5.41, 5.74) is 0.494. The summed E-state index contributed by atoms with van der Waals surface area (Å²) in [4.78, 5) is 28.3. The number of thioether (sulfide) groups is 1. The fourth-order valence-electron chi connectivity index (χ4n) is 2.53. The molecule has 0 saturated carbocycles. The Balaban J connectivity index is 1.48. The van der Waals surface area contributed by atoms with E-state index >= 15 is 0 Å². The molecule has 1 fully saturated rings. The summed E-state index contributed by atoms with van der Waals surface area (Å²) in [5.74, 6) is -1.90. The topological polar surface area (TPSA) is 53.8 Å². The van der Waals surface area contributed by atoms with Crippen LogP contribution in [0.2, 0.25) is 0 Å². The molecule has 0 unspecified atom stereocenters. The second-order valence-electron chi connectivity index (χ2n) is 5.55. The summed E-state index contributed by atoms with van der Waals surface area (Å²) in [6.07, 6.45) is 2.85. The number of amides is 2. The summed E-state index contributed by atoms with van der Waals surface area (Å²) in [6.45, 7) is 1.79. The van der Waals surface area contributed by atoms with Crippen LogP contribution in [-0.2, 0) is 4.79 Å². The first-order chi connectivity index (χ1) is 12.0. The van der Waals surface area contributed by atoms with Crippen LogP contribution in [-0.4, -0.2) is 53.5 Å². The molecule has 1 aliphatic heterocycles. The number of hydrogen-bond donors (Lipinski definition) is 0. The second-order valence-corrected chi connectivity index (χ2v) is 6.60. The average molecular weight is 366 g/mol. The van der Waals surface area contributed by atoms with Gasteiger partial charge in [0.1, 0.15) is 6.26 Å². The maximum Gasteiger partial charge on any atom is 0.257 e. The molecule has 25 heavy (non-hydrogen) atoms. The third-order valence-electron chi connectivity index (χ3n) is 3.94. The van der Waals surface area contributed by atoms with Crippen LogP contribution in [0.15, 0.2) is 46.1 Å². The second kappa shape index (κ2) is 7.69. The lowest BCUT2D eigenvalue weighted by atomic mass is 10.2. The normalized spacial score (nSPS) is 14.6. The Kier molecular flexibility index (Phi) is 5.37. The molecule has 2 aromatic rings. The van der Waals surface area contributed by atoms with E-state index in [0.29, 0.717) is 36.6 Å². The van der Waals surface area contributed by atoms with Crippen molar-refractivity contribution >= 4 is 23.6 Å². The van der Waals surface area contributed by atoms with E-state index in [0.717, 1.165) is 23.9 Å². The van der Waals surface area contributed by atoms with E-state index in [1.807, 2.05) is 0 Å². The average Bonchev–Trinajstić information content (AvgIpc) is 3.16. The van der Waals surface area contributed by atoms with Crippen LogP contribution < -0.4 is 0 Å². The van der Waals surface area contributed by atoms with Gasteiger partial charge in [-0.3, -0.25) is 9.59 Å². The molecular formula is C17H16F2N2O3S. The molecule has 5 nitrogen and oxygen atoms in total. The molecule has 132 valence electrons. The highest BCUT2D eigenvalue weighted by Gasteiger charge is 2.25. The smallest absolute Gasteiger partial charge is 0.257 e. The van der Waals surface area contributed by atoms with Crippen molar-refractivity contribution < 1.29 is 22.8 Å². The first kappa shape index (κ1) is 17.5. The Bertz CT molecular complexity index is 759. The minimum absolute atomic E-state index is 0.0925. The molecule has 3 rings (SSSR count). The Morgan fingerprint density at radius 3 is 2.40 bits per heavy atom. The Hall–Kier alpha value is -2.35. The van der Waals surface area contributed by atoms with Crippen molar-refractivity contribution in [2.45, 2.75) is 4.90 Å².